The van der Waals surface area contributed by atoms with Crippen molar-refractivity contribution in [2.75, 3.05) is 6.54 Å². The molecule has 0 aliphatic carbocycles. The molecule has 1 aromatic rings. The quantitative estimate of drug-likeness (QED) is 0.743. The molecule has 1 aromatic heterocycles. The van der Waals surface area contributed by atoms with E-state index in [1.807, 2.05) is 18.3 Å². The van der Waals surface area contributed by atoms with Crippen LogP contribution in [0.4, 0.5) is 0 Å². The Morgan fingerprint density at radius 3 is 2.78 bits per heavy atom. The Morgan fingerprint density at radius 2 is 2.22 bits per heavy atom. The van der Waals surface area contributed by atoms with Gasteiger partial charge < -0.3 is 10.6 Å². The van der Waals surface area contributed by atoms with Crippen molar-refractivity contribution >= 4 is 17.2 Å². The lowest BCUT2D eigenvalue weighted by Gasteiger charge is -2.18. The zero-order valence-corrected chi connectivity index (χ0v) is 12.1. The van der Waals surface area contributed by atoms with E-state index in [2.05, 4.69) is 43.2 Å². The number of carbonyl (C=O) groups excluding carboxylic acids is 1. The van der Waals surface area contributed by atoms with Crippen LogP contribution < -0.4 is 10.6 Å². The standard InChI is InChI=1S/C14H22N2OS/c1-5-8-15-14(17)12(4)16-10(2)9-13-7-6-11(3)18-13/h5-7,10,12,16H,1,8-9H2,2-4H3,(H,15,17). The molecule has 18 heavy (non-hydrogen) atoms. The van der Waals surface area contributed by atoms with Crippen LogP contribution >= 0.6 is 11.3 Å². The fraction of sp³-hybridized carbons (Fsp3) is 0.500. The van der Waals surface area contributed by atoms with Crippen LogP contribution in [-0.2, 0) is 11.2 Å². The van der Waals surface area contributed by atoms with Gasteiger partial charge in [-0.1, -0.05) is 6.08 Å². The van der Waals surface area contributed by atoms with E-state index in [1.54, 1.807) is 6.08 Å². The second-order valence-electron chi connectivity index (χ2n) is 4.54. The molecule has 3 nitrogen and oxygen atoms in total. The van der Waals surface area contributed by atoms with Crippen molar-refractivity contribution in [2.45, 2.75) is 39.3 Å². The van der Waals surface area contributed by atoms with Crippen molar-refractivity contribution in [3.63, 3.8) is 0 Å². The molecule has 2 atom stereocenters. The zero-order valence-electron chi connectivity index (χ0n) is 11.3. The summed E-state index contributed by atoms with van der Waals surface area (Å²) in [6.45, 7) is 10.2. The minimum Gasteiger partial charge on any atom is -0.351 e. The predicted molar refractivity (Wildman–Crippen MR) is 78.0 cm³/mol. The molecule has 2 N–H and O–H groups in total. The van der Waals surface area contributed by atoms with E-state index in [4.69, 9.17) is 0 Å². The smallest absolute Gasteiger partial charge is 0.237 e. The Kier molecular flexibility index (Phi) is 6.09. The van der Waals surface area contributed by atoms with Crippen LogP contribution in [0.25, 0.3) is 0 Å². The Bertz CT molecular complexity index is 400. The second-order valence-corrected chi connectivity index (χ2v) is 5.91. The van der Waals surface area contributed by atoms with Crippen LogP contribution in [0.1, 0.15) is 23.6 Å². The van der Waals surface area contributed by atoms with Gasteiger partial charge in [0, 0.05) is 22.3 Å². The number of hydrogen-bond donors (Lipinski definition) is 2. The molecule has 0 fully saturated rings. The van der Waals surface area contributed by atoms with Gasteiger partial charge in [-0.3, -0.25) is 4.79 Å². The minimum absolute atomic E-state index is 0.0177. The maximum atomic E-state index is 11.7. The first-order valence-electron chi connectivity index (χ1n) is 6.23. The second kappa shape index (κ2) is 7.34. The number of nitrogens with one attached hydrogen (secondary N) is 2. The average Bonchev–Trinajstić information content (AvgIpc) is 2.71. The van der Waals surface area contributed by atoms with Gasteiger partial charge >= 0.3 is 0 Å². The van der Waals surface area contributed by atoms with E-state index in [1.165, 1.54) is 9.75 Å². The molecule has 0 aliphatic rings. The van der Waals surface area contributed by atoms with Gasteiger partial charge in [0.15, 0.2) is 0 Å². The first-order valence-corrected chi connectivity index (χ1v) is 7.04. The topological polar surface area (TPSA) is 41.1 Å². The van der Waals surface area contributed by atoms with Gasteiger partial charge in [-0.15, -0.1) is 17.9 Å². The lowest BCUT2D eigenvalue weighted by atomic mass is 10.1. The molecule has 1 rings (SSSR count). The van der Waals surface area contributed by atoms with E-state index in [0.717, 1.165) is 6.42 Å². The largest absolute Gasteiger partial charge is 0.351 e. The van der Waals surface area contributed by atoms with Crippen LogP contribution in [0.5, 0.6) is 0 Å². The number of thiophene rings is 1. The summed E-state index contributed by atoms with van der Waals surface area (Å²) in [5.74, 6) is 0.0177. The molecule has 0 aliphatic heterocycles. The minimum atomic E-state index is -0.180. The van der Waals surface area contributed by atoms with Gasteiger partial charge in [-0.2, -0.15) is 0 Å². The highest BCUT2D eigenvalue weighted by Gasteiger charge is 2.15. The van der Waals surface area contributed by atoms with Crippen LogP contribution in [0.2, 0.25) is 0 Å². The molecule has 1 amide bonds. The third kappa shape index (κ3) is 5.02. The SMILES string of the molecule is C=CCNC(=O)C(C)NC(C)Cc1ccc(C)s1. The van der Waals surface area contributed by atoms with E-state index >= 15 is 0 Å². The monoisotopic (exact) mass is 266 g/mol. The van der Waals surface area contributed by atoms with Gasteiger partial charge in [0.25, 0.3) is 0 Å². The van der Waals surface area contributed by atoms with Crippen molar-refractivity contribution in [1.82, 2.24) is 10.6 Å². The number of aryl methyl sites for hydroxylation is 1. The van der Waals surface area contributed by atoms with Crippen LogP contribution in [0.3, 0.4) is 0 Å². The van der Waals surface area contributed by atoms with E-state index in [-0.39, 0.29) is 18.0 Å². The Morgan fingerprint density at radius 1 is 1.50 bits per heavy atom. The lowest BCUT2D eigenvalue weighted by Crippen LogP contribution is -2.46. The highest BCUT2D eigenvalue weighted by atomic mass is 32.1. The molecule has 0 aromatic carbocycles. The Labute approximate surface area is 113 Å². The third-order valence-corrected chi connectivity index (χ3v) is 3.67. The van der Waals surface area contributed by atoms with Gasteiger partial charge in [0.1, 0.15) is 0 Å². The normalized spacial score (nSPS) is 13.9. The fourth-order valence-corrected chi connectivity index (χ4v) is 2.80. The van der Waals surface area contributed by atoms with Gasteiger partial charge in [-0.25, -0.2) is 0 Å². The van der Waals surface area contributed by atoms with E-state index < -0.39 is 0 Å². The first kappa shape index (κ1) is 14.9. The molecule has 100 valence electrons. The van der Waals surface area contributed by atoms with Crippen molar-refractivity contribution in [1.29, 1.82) is 0 Å². The molecule has 1 heterocycles. The Hall–Kier alpha value is -1.13. The summed E-state index contributed by atoms with van der Waals surface area (Å²) in [5.41, 5.74) is 0. The van der Waals surface area contributed by atoms with Gasteiger partial charge in [0.2, 0.25) is 5.91 Å². The average molecular weight is 266 g/mol. The van der Waals surface area contributed by atoms with Crippen LogP contribution in [0.15, 0.2) is 24.8 Å². The molecular formula is C14H22N2OS. The molecule has 4 heteroatoms. The zero-order chi connectivity index (χ0) is 13.5. The number of carbonyl (C=O) groups is 1. The summed E-state index contributed by atoms with van der Waals surface area (Å²) in [4.78, 5) is 14.4. The first-order chi connectivity index (χ1) is 8.52. The molecule has 0 radical (unpaired) electrons. The number of hydrogen-bond acceptors (Lipinski definition) is 3. The summed E-state index contributed by atoms with van der Waals surface area (Å²) in [7, 11) is 0. The predicted octanol–water partition coefficient (Wildman–Crippen LogP) is 2.27. The summed E-state index contributed by atoms with van der Waals surface area (Å²) in [5, 5.41) is 6.10. The Balaban J connectivity index is 2.37. The van der Waals surface area contributed by atoms with Gasteiger partial charge in [0.05, 0.1) is 6.04 Å². The molecule has 0 bridgehead atoms. The van der Waals surface area contributed by atoms with Crippen molar-refractivity contribution in [2.24, 2.45) is 0 Å². The van der Waals surface area contributed by atoms with E-state index in [9.17, 15) is 4.79 Å². The van der Waals surface area contributed by atoms with Crippen LogP contribution in [0, 0.1) is 6.92 Å². The third-order valence-electron chi connectivity index (χ3n) is 2.65. The van der Waals surface area contributed by atoms with Crippen molar-refractivity contribution in [3.05, 3.63) is 34.5 Å². The summed E-state index contributed by atoms with van der Waals surface area (Å²) in [6, 6.07) is 4.39. The summed E-state index contributed by atoms with van der Waals surface area (Å²) < 4.78 is 0. The molecule has 0 spiro atoms. The number of rotatable bonds is 7. The summed E-state index contributed by atoms with van der Waals surface area (Å²) in [6.07, 6.45) is 2.64. The summed E-state index contributed by atoms with van der Waals surface area (Å²) >= 11 is 1.81. The molecule has 0 saturated carbocycles. The molecule has 2 unspecified atom stereocenters. The maximum Gasteiger partial charge on any atom is 0.237 e. The molecule has 0 saturated heterocycles. The van der Waals surface area contributed by atoms with Crippen molar-refractivity contribution in [3.8, 4) is 0 Å². The van der Waals surface area contributed by atoms with Crippen molar-refractivity contribution < 1.29 is 4.79 Å². The molecular weight excluding hydrogens is 244 g/mol. The maximum absolute atomic E-state index is 11.7. The highest BCUT2D eigenvalue weighted by Crippen LogP contribution is 2.16. The lowest BCUT2D eigenvalue weighted by molar-refractivity contribution is -0.122. The number of amides is 1. The van der Waals surface area contributed by atoms with E-state index in [0.29, 0.717) is 6.54 Å². The van der Waals surface area contributed by atoms with Gasteiger partial charge in [-0.05, 0) is 39.3 Å². The van der Waals surface area contributed by atoms with Crippen LogP contribution in [-0.4, -0.2) is 24.5 Å². The fourth-order valence-electron chi connectivity index (χ4n) is 1.78. The highest BCUT2D eigenvalue weighted by molar-refractivity contribution is 7.11.